The van der Waals surface area contributed by atoms with Crippen molar-refractivity contribution < 1.29 is 14.6 Å². The maximum Gasteiger partial charge on any atom is 0.161 e. The van der Waals surface area contributed by atoms with Crippen molar-refractivity contribution in [2.75, 3.05) is 7.11 Å². The molecule has 2 fully saturated rings. The first-order valence-electron chi connectivity index (χ1n) is 6.79. The van der Waals surface area contributed by atoms with Gasteiger partial charge in [0.25, 0.3) is 0 Å². The molecule has 0 bridgehead atoms. The topological polar surface area (TPSA) is 38.7 Å². The van der Waals surface area contributed by atoms with Gasteiger partial charge in [-0.25, -0.2) is 0 Å². The van der Waals surface area contributed by atoms with Gasteiger partial charge in [-0.1, -0.05) is 6.07 Å². The van der Waals surface area contributed by atoms with Crippen molar-refractivity contribution in [1.82, 2.24) is 0 Å². The van der Waals surface area contributed by atoms with Gasteiger partial charge in [0.2, 0.25) is 0 Å². The smallest absolute Gasteiger partial charge is 0.161 e. The zero-order chi connectivity index (χ0) is 12.6. The fourth-order valence-corrected chi connectivity index (χ4v) is 2.65. The van der Waals surface area contributed by atoms with Gasteiger partial charge in [0.1, 0.15) is 0 Å². The van der Waals surface area contributed by atoms with Crippen LogP contribution in [0.5, 0.6) is 11.5 Å². The molecule has 2 saturated carbocycles. The molecule has 1 aromatic rings. The van der Waals surface area contributed by atoms with Crippen LogP contribution in [-0.2, 0) is 5.60 Å². The first-order valence-corrected chi connectivity index (χ1v) is 6.79. The molecule has 3 heteroatoms. The van der Waals surface area contributed by atoms with E-state index in [0.717, 1.165) is 42.7 Å². The number of ether oxygens (including phenoxy) is 2. The highest BCUT2D eigenvalue weighted by molar-refractivity contribution is 5.46. The molecule has 98 valence electrons. The summed E-state index contributed by atoms with van der Waals surface area (Å²) in [7, 11) is 1.65. The lowest BCUT2D eigenvalue weighted by Crippen LogP contribution is -2.12. The Morgan fingerprint density at radius 3 is 2.50 bits per heavy atom. The molecule has 0 unspecified atom stereocenters. The molecule has 0 heterocycles. The molecule has 0 aromatic heterocycles. The van der Waals surface area contributed by atoms with E-state index in [9.17, 15) is 5.11 Å². The van der Waals surface area contributed by atoms with Crippen LogP contribution in [0.4, 0.5) is 0 Å². The minimum atomic E-state index is -0.612. The molecular formula is C15H20O3. The summed E-state index contributed by atoms with van der Waals surface area (Å²) in [6, 6.07) is 5.81. The second-order valence-corrected chi connectivity index (χ2v) is 5.42. The number of hydrogen-bond acceptors (Lipinski definition) is 3. The van der Waals surface area contributed by atoms with Crippen LogP contribution >= 0.6 is 0 Å². The molecule has 0 amide bonds. The van der Waals surface area contributed by atoms with E-state index in [2.05, 4.69) is 0 Å². The predicted molar refractivity (Wildman–Crippen MR) is 69.0 cm³/mol. The largest absolute Gasteiger partial charge is 0.493 e. The van der Waals surface area contributed by atoms with Crippen LogP contribution in [0.25, 0.3) is 0 Å². The molecule has 3 rings (SSSR count). The van der Waals surface area contributed by atoms with Gasteiger partial charge in [-0.2, -0.15) is 0 Å². The lowest BCUT2D eigenvalue weighted by Gasteiger charge is -2.17. The van der Waals surface area contributed by atoms with Crippen LogP contribution in [0.2, 0.25) is 0 Å². The fraction of sp³-hybridized carbons (Fsp3) is 0.600. The van der Waals surface area contributed by atoms with Crippen molar-refractivity contribution in [2.45, 2.75) is 50.2 Å². The second kappa shape index (κ2) is 4.47. The van der Waals surface area contributed by atoms with E-state index in [0.29, 0.717) is 6.10 Å². The third kappa shape index (κ3) is 2.19. The van der Waals surface area contributed by atoms with Crippen molar-refractivity contribution in [3.8, 4) is 11.5 Å². The van der Waals surface area contributed by atoms with Gasteiger partial charge in [-0.05, 0) is 56.2 Å². The second-order valence-electron chi connectivity index (χ2n) is 5.42. The zero-order valence-corrected chi connectivity index (χ0v) is 10.8. The van der Waals surface area contributed by atoms with Crippen LogP contribution in [0, 0.1) is 0 Å². The monoisotopic (exact) mass is 248 g/mol. The predicted octanol–water partition coefficient (Wildman–Crippen LogP) is 3.00. The first-order chi connectivity index (χ1) is 8.71. The highest BCUT2D eigenvalue weighted by Crippen LogP contribution is 2.47. The van der Waals surface area contributed by atoms with Gasteiger partial charge >= 0.3 is 0 Å². The summed E-state index contributed by atoms with van der Waals surface area (Å²) in [4.78, 5) is 0. The molecule has 0 spiro atoms. The van der Waals surface area contributed by atoms with E-state index in [4.69, 9.17) is 9.47 Å². The van der Waals surface area contributed by atoms with Crippen LogP contribution in [0.1, 0.15) is 44.1 Å². The van der Waals surface area contributed by atoms with Crippen molar-refractivity contribution >= 4 is 0 Å². The Bertz CT molecular complexity index is 431. The van der Waals surface area contributed by atoms with Gasteiger partial charge in [0.05, 0.1) is 18.8 Å². The Morgan fingerprint density at radius 2 is 1.89 bits per heavy atom. The maximum atomic E-state index is 10.1. The standard InChI is InChI=1S/C15H20O3/c1-17-14-10-11(15(16)8-9-15)6-7-13(14)18-12-4-2-3-5-12/h6-7,10,12,16H,2-5,8-9H2,1H3. The average Bonchev–Trinajstić information content (AvgIpc) is 2.93. The number of methoxy groups -OCH3 is 1. The van der Waals surface area contributed by atoms with Crippen LogP contribution in [0.15, 0.2) is 18.2 Å². The molecule has 1 aromatic carbocycles. The average molecular weight is 248 g/mol. The minimum absolute atomic E-state index is 0.328. The summed E-state index contributed by atoms with van der Waals surface area (Å²) >= 11 is 0. The Balaban J connectivity index is 1.80. The molecule has 0 saturated heterocycles. The highest BCUT2D eigenvalue weighted by atomic mass is 16.5. The van der Waals surface area contributed by atoms with Crippen molar-refractivity contribution in [3.05, 3.63) is 23.8 Å². The van der Waals surface area contributed by atoms with Crippen LogP contribution in [-0.4, -0.2) is 18.3 Å². The summed E-state index contributed by atoms with van der Waals surface area (Å²) in [5, 5.41) is 10.1. The number of rotatable bonds is 4. The maximum absolute atomic E-state index is 10.1. The highest BCUT2D eigenvalue weighted by Gasteiger charge is 2.42. The quantitative estimate of drug-likeness (QED) is 0.890. The number of aliphatic hydroxyl groups is 1. The lowest BCUT2D eigenvalue weighted by molar-refractivity contribution is 0.150. The van der Waals surface area contributed by atoms with E-state index in [1.165, 1.54) is 12.8 Å². The van der Waals surface area contributed by atoms with Crippen molar-refractivity contribution in [2.24, 2.45) is 0 Å². The summed E-state index contributed by atoms with van der Waals surface area (Å²) in [6.07, 6.45) is 6.80. The number of benzene rings is 1. The van der Waals surface area contributed by atoms with Crippen molar-refractivity contribution in [1.29, 1.82) is 0 Å². The molecule has 2 aliphatic rings. The molecule has 1 N–H and O–H groups in total. The Kier molecular flexibility index (Phi) is 2.94. The third-order valence-corrected chi connectivity index (χ3v) is 4.02. The zero-order valence-electron chi connectivity index (χ0n) is 10.8. The van der Waals surface area contributed by atoms with E-state index >= 15 is 0 Å². The van der Waals surface area contributed by atoms with E-state index in [-0.39, 0.29) is 0 Å². The van der Waals surface area contributed by atoms with Gasteiger partial charge in [0, 0.05) is 0 Å². The molecule has 0 radical (unpaired) electrons. The van der Waals surface area contributed by atoms with Gasteiger partial charge in [0.15, 0.2) is 11.5 Å². The van der Waals surface area contributed by atoms with Crippen LogP contribution < -0.4 is 9.47 Å². The Hall–Kier alpha value is -1.22. The molecule has 0 atom stereocenters. The normalized spacial score (nSPS) is 21.9. The molecule has 18 heavy (non-hydrogen) atoms. The third-order valence-electron chi connectivity index (χ3n) is 4.02. The van der Waals surface area contributed by atoms with E-state index in [1.807, 2.05) is 18.2 Å². The van der Waals surface area contributed by atoms with Crippen LogP contribution in [0.3, 0.4) is 0 Å². The Labute approximate surface area is 108 Å². The van der Waals surface area contributed by atoms with Gasteiger partial charge < -0.3 is 14.6 Å². The Morgan fingerprint density at radius 1 is 1.17 bits per heavy atom. The summed E-state index contributed by atoms with van der Waals surface area (Å²) in [6.45, 7) is 0. The van der Waals surface area contributed by atoms with Crippen molar-refractivity contribution in [3.63, 3.8) is 0 Å². The number of hydrogen-bond donors (Lipinski definition) is 1. The van der Waals surface area contributed by atoms with Gasteiger partial charge in [-0.3, -0.25) is 0 Å². The first kappa shape index (κ1) is 11.8. The molecule has 0 aliphatic heterocycles. The fourth-order valence-electron chi connectivity index (χ4n) is 2.65. The summed E-state index contributed by atoms with van der Waals surface area (Å²) in [5.74, 6) is 1.54. The summed E-state index contributed by atoms with van der Waals surface area (Å²) < 4.78 is 11.4. The molecular weight excluding hydrogens is 228 g/mol. The molecule has 3 nitrogen and oxygen atoms in total. The van der Waals surface area contributed by atoms with Gasteiger partial charge in [-0.15, -0.1) is 0 Å². The lowest BCUT2D eigenvalue weighted by atomic mass is 10.1. The van der Waals surface area contributed by atoms with E-state index in [1.54, 1.807) is 7.11 Å². The molecule has 2 aliphatic carbocycles. The SMILES string of the molecule is COc1cc(C2(O)CC2)ccc1OC1CCCC1. The van der Waals surface area contributed by atoms with E-state index < -0.39 is 5.60 Å². The summed E-state index contributed by atoms with van der Waals surface area (Å²) in [5.41, 5.74) is 0.331. The minimum Gasteiger partial charge on any atom is -0.493 e.